The Labute approximate surface area is 84.9 Å². The van der Waals surface area contributed by atoms with E-state index in [1.54, 1.807) is 0 Å². The van der Waals surface area contributed by atoms with Crippen molar-refractivity contribution >= 4 is 0 Å². The summed E-state index contributed by atoms with van der Waals surface area (Å²) < 4.78 is 5.29. The number of aryl methyl sites for hydroxylation is 1. The molecule has 0 N–H and O–H groups in total. The molecule has 0 radical (unpaired) electrons. The van der Waals surface area contributed by atoms with Crippen molar-refractivity contribution in [2.75, 3.05) is 0 Å². The van der Waals surface area contributed by atoms with E-state index < -0.39 is 0 Å². The van der Waals surface area contributed by atoms with Crippen LogP contribution in [0.1, 0.15) is 51.2 Å². The molecule has 3 heteroatoms. The highest BCUT2D eigenvalue weighted by molar-refractivity contribution is 5.05. The largest absolute Gasteiger partial charge is 0.339 e. The molecule has 1 saturated carbocycles. The molecular weight excluding hydrogens is 176 g/mol. The Kier molecular flexibility index (Phi) is 2.13. The quantitative estimate of drug-likeness (QED) is 0.726. The summed E-state index contributed by atoms with van der Waals surface area (Å²) in [4.78, 5) is 4.36. The van der Waals surface area contributed by atoms with Crippen LogP contribution in [0.25, 0.3) is 0 Å². The van der Waals surface area contributed by atoms with E-state index in [9.17, 15) is 0 Å². The summed E-state index contributed by atoms with van der Waals surface area (Å²) in [5.74, 6) is 2.77. The SMILES string of the molecule is Cc1noc([C@@H](C2CC2)C(C)(C)C)n1. The minimum atomic E-state index is 0.222. The summed E-state index contributed by atoms with van der Waals surface area (Å²) in [7, 11) is 0. The van der Waals surface area contributed by atoms with E-state index in [2.05, 4.69) is 30.9 Å². The first kappa shape index (κ1) is 9.69. The number of hydrogen-bond donors (Lipinski definition) is 0. The van der Waals surface area contributed by atoms with E-state index in [-0.39, 0.29) is 5.41 Å². The molecule has 0 amide bonds. The molecule has 0 spiro atoms. The van der Waals surface area contributed by atoms with Crippen LogP contribution >= 0.6 is 0 Å². The average molecular weight is 194 g/mol. The van der Waals surface area contributed by atoms with Gasteiger partial charge in [-0.25, -0.2) is 0 Å². The molecule has 1 fully saturated rings. The third-order valence-corrected chi connectivity index (χ3v) is 2.84. The second kappa shape index (κ2) is 3.07. The van der Waals surface area contributed by atoms with Gasteiger partial charge in [0.2, 0.25) is 5.89 Å². The fourth-order valence-electron chi connectivity index (χ4n) is 2.15. The van der Waals surface area contributed by atoms with Crippen LogP contribution in [0.5, 0.6) is 0 Å². The Balaban J connectivity index is 2.27. The standard InChI is InChI=1S/C11H18N2O/c1-7-12-10(14-13-7)9(8-5-6-8)11(2,3)4/h8-9H,5-6H2,1-4H3/t9-/m1/s1. The van der Waals surface area contributed by atoms with Gasteiger partial charge >= 0.3 is 0 Å². The van der Waals surface area contributed by atoms with E-state index in [0.717, 1.165) is 17.6 Å². The zero-order valence-electron chi connectivity index (χ0n) is 9.37. The summed E-state index contributed by atoms with van der Waals surface area (Å²) in [5, 5.41) is 3.88. The van der Waals surface area contributed by atoms with Crippen LogP contribution in [0.15, 0.2) is 4.52 Å². The molecule has 0 unspecified atom stereocenters. The predicted molar refractivity (Wildman–Crippen MR) is 54.0 cm³/mol. The first-order valence-corrected chi connectivity index (χ1v) is 5.28. The third-order valence-electron chi connectivity index (χ3n) is 2.84. The molecular formula is C11H18N2O. The second-order valence-electron chi connectivity index (χ2n) is 5.36. The van der Waals surface area contributed by atoms with Gasteiger partial charge in [0.1, 0.15) is 0 Å². The van der Waals surface area contributed by atoms with E-state index in [4.69, 9.17) is 4.52 Å². The van der Waals surface area contributed by atoms with Crippen LogP contribution < -0.4 is 0 Å². The second-order valence-corrected chi connectivity index (χ2v) is 5.36. The van der Waals surface area contributed by atoms with Crippen molar-refractivity contribution < 1.29 is 4.52 Å². The number of rotatable bonds is 2. The molecule has 0 bridgehead atoms. The van der Waals surface area contributed by atoms with Crippen molar-refractivity contribution in [1.29, 1.82) is 0 Å². The minimum absolute atomic E-state index is 0.222. The summed E-state index contributed by atoms with van der Waals surface area (Å²) in [6.45, 7) is 8.61. The molecule has 0 saturated heterocycles. The van der Waals surface area contributed by atoms with E-state index >= 15 is 0 Å². The van der Waals surface area contributed by atoms with Crippen LogP contribution in [0.2, 0.25) is 0 Å². The maximum Gasteiger partial charge on any atom is 0.230 e. The fraction of sp³-hybridized carbons (Fsp3) is 0.818. The normalized spacial score (nSPS) is 19.7. The lowest BCUT2D eigenvalue weighted by Gasteiger charge is -2.27. The molecule has 1 aromatic heterocycles. The Bertz CT molecular complexity index is 320. The molecule has 78 valence electrons. The Morgan fingerprint density at radius 1 is 1.36 bits per heavy atom. The van der Waals surface area contributed by atoms with Gasteiger partial charge in [-0.15, -0.1) is 0 Å². The molecule has 3 nitrogen and oxygen atoms in total. The van der Waals surface area contributed by atoms with Crippen molar-refractivity contribution in [3.05, 3.63) is 11.7 Å². The monoisotopic (exact) mass is 194 g/mol. The molecule has 14 heavy (non-hydrogen) atoms. The smallest absolute Gasteiger partial charge is 0.230 e. The highest BCUT2D eigenvalue weighted by Gasteiger charge is 2.42. The number of hydrogen-bond acceptors (Lipinski definition) is 3. The van der Waals surface area contributed by atoms with Crippen LogP contribution in [0.4, 0.5) is 0 Å². The first-order chi connectivity index (χ1) is 6.48. The molecule has 0 aromatic carbocycles. The van der Waals surface area contributed by atoms with Crippen molar-refractivity contribution in [2.45, 2.75) is 46.5 Å². The molecule has 0 aliphatic heterocycles. The van der Waals surface area contributed by atoms with Gasteiger partial charge in [-0.3, -0.25) is 0 Å². The summed E-state index contributed by atoms with van der Waals surface area (Å²) in [6.07, 6.45) is 2.62. The zero-order chi connectivity index (χ0) is 10.3. The average Bonchev–Trinajstić information content (AvgIpc) is 2.74. The van der Waals surface area contributed by atoms with Crippen molar-refractivity contribution in [1.82, 2.24) is 10.1 Å². The third kappa shape index (κ3) is 1.81. The summed E-state index contributed by atoms with van der Waals surface area (Å²) >= 11 is 0. The first-order valence-electron chi connectivity index (χ1n) is 5.28. The summed E-state index contributed by atoms with van der Waals surface area (Å²) in [6, 6.07) is 0. The van der Waals surface area contributed by atoms with Crippen LogP contribution in [-0.4, -0.2) is 10.1 Å². The van der Waals surface area contributed by atoms with Crippen LogP contribution in [0.3, 0.4) is 0 Å². The fourth-order valence-corrected chi connectivity index (χ4v) is 2.15. The van der Waals surface area contributed by atoms with Gasteiger partial charge in [0.05, 0.1) is 0 Å². The Morgan fingerprint density at radius 3 is 2.36 bits per heavy atom. The molecule has 1 atom stereocenters. The van der Waals surface area contributed by atoms with Gasteiger partial charge in [0, 0.05) is 5.92 Å². The summed E-state index contributed by atoms with van der Waals surface area (Å²) in [5.41, 5.74) is 0.222. The molecule has 1 aliphatic rings. The zero-order valence-corrected chi connectivity index (χ0v) is 9.37. The van der Waals surface area contributed by atoms with Gasteiger partial charge in [-0.05, 0) is 31.1 Å². The minimum Gasteiger partial charge on any atom is -0.339 e. The lowest BCUT2D eigenvalue weighted by Crippen LogP contribution is -2.20. The Hall–Kier alpha value is -0.860. The van der Waals surface area contributed by atoms with Gasteiger partial charge in [-0.1, -0.05) is 25.9 Å². The van der Waals surface area contributed by atoms with Gasteiger partial charge < -0.3 is 4.52 Å². The highest BCUT2D eigenvalue weighted by atomic mass is 16.5. The maximum absolute atomic E-state index is 5.29. The molecule has 2 rings (SSSR count). The van der Waals surface area contributed by atoms with E-state index in [1.165, 1.54) is 12.8 Å². The van der Waals surface area contributed by atoms with Gasteiger partial charge in [0.25, 0.3) is 0 Å². The molecule has 1 aromatic rings. The molecule has 1 heterocycles. The van der Waals surface area contributed by atoms with Crippen molar-refractivity contribution in [3.63, 3.8) is 0 Å². The predicted octanol–water partition coefficient (Wildman–Crippen LogP) is 2.92. The maximum atomic E-state index is 5.29. The number of aromatic nitrogens is 2. The van der Waals surface area contributed by atoms with Crippen LogP contribution in [-0.2, 0) is 0 Å². The van der Waals surface area contributed by atoms with Crippen molar-refractivity contribution in [3.8, 4) is 0 Å². The highest BCUT2D eigenvalue weighted by Crippen LogP contribution is 2.50. The van der Waals surface area contributed by atoms with Gasteiger partial charge in [0.15, 0.2) is 5.82 Å². The van der Waals surface area contributed by atoms with Crippen molar-refractivity contribution in [2.24, 2.45) is 11.3 Å². The Morgan fingerprint density at radius 2 is 2.00 bits per heavy atom. The molecule has 1 aliphatic carbocycles. The number of nitrogens with zero attached hydrogens (tertiary/aromatic N) is 2. The van der Waals surface area contributed by atoms with Gasteiger partial charge in [-0.2, -0.15) is 4.98 Å². The van der Waals surface area contributed by atoms with E-state index in [1.807, 2.05) is 6.92 Å². The topological polar surface area (TPSA) is 38.9 Å². The van der Waals surface area contributed by atoms with Crippen LogP contribution in [0, 0.1) is 18.3 Å². The lowest BCUT2D eigenvalue weighted by atomic mass is 9.77. The van der Waals surface area contributed by atoms with E-state index in [0.29, 0.717) is 5.92 Å². The lowest BCUT2D eigenvalue weighted by molar-refractivity contribution is 0.226.